The maximum absolute atomic E-state index is 5.26. The molecule has 0 spiro atoms. The van der Waals surface area contributed by atoms with E-state index in [1.165, 1.54) is 0 Å². The maximum Gasteiger partial charge on any atom is 0.218 e. The zero-order valence-corrected chi connectivity index (χ0v) is 18.2. The summed E-state index contributed by atoms with van der Waals surface area (Å²) >= 11 is 1.67. The van der Waals surface area contributed by atoms with Crippen molar-refractivity contribution in [2.24, 2.45) is 4.99 Å². The van der Waals surface area contributed by atoms with E-state index in [1.54, 1.807) is 24.6 Å². The first-order valence-electron chi connectivity index (χ1n) is 8.08. The van der Waals surface area contributed by atoms with Crippen molar-refractivity contribution in [3.63, 3.8) is 0 Å². The van der Waals surface area contributed by atoms with Gasteiger partial charge in [-0.25, -0.2) is 15.0 Å². The third-order valence-corrected chi connectivity index (χ3v) is 4.23. The molecule has 0 saturated heterocycles. The number of nitrogens with one attached hydrogen (secondary N) is 2. The highest BCUT2D eigenvalue weighted by Gasteiger charge is 2.07. The Morgan fingerprint density at radius 1 is 1.36 bits per heavy atom. The van der Waals surface area contributed by atoms with Gasteiger partial charge in [0.2, 0.25) is 5.88 Å². The summed E-state index contributed by atoms with van der Waals surface area (Å²) in [4.78, 5) is 13.4. The molecule has 0 unspecified atom stereocenters. The maximum atomic E-state index is 5.26. The van der Waals surface area contributed by atoms with Gasteiger partial charge in [0.15, 0.2) is 5.96 Å². The van der Waals surface area contributed by atoms with Crippen molar-refractivity contribution in [1.82, 2.24) is 20.6 Å². The van der Waals surface area contributed by atoms with E-state index >= 15 is 0 Å². The molecular formula is C17H26IN5OS. The van der Waals surface area contributed by atoms with Crippen LogP contribution in [0.1, 0.15) is 43.0 Å². The van der Waals surface area contributed by atoms with Crippen molar-refractivity contribution >= 4 is 41.3 Å². The number of pyridine rings is 1. The van der Waals surface area contributed by atoms with Gasteiger partial charge in [0.05, 0.1) is 25.9 Å². The lowest BCUT2D eigenvalue weighted by molar-refractivity contribution is 0.392. The molecule has 138 valence electrons. The van der Waals surface area contributed by atoms with Gasteiger partial charge in [0.25, 0.3) is 0 Å². The highest BCUT2D eigenvalue weighted by Crippen LogP contribution is 2.17. The summed E-state index contributed by atoms with van der Waals surface area (Å²) in [6.07, 6.45) is 1.71. The van der Waals surface area contributed by atoms with Crippen LogP contribution in [0.3, 0.4) is 0 Å². The Labute approximate surface area is 170 Å². The monoisotopic (exact) mass is 475 g/mol. The van der Waals surface area contributed by atoms with E-state index < -0.39 is 0 Å². The van der Waals surface area contributed by atoms with E-state index in [0.717, 1.165) is 28.8 Å². The van der Waals surface area contributed by atoms with E-state index in [4.69, 9.17) is 4.74 Å². The van der Waals surface area contributed by atoms with Crippen molar-refractivity contribution < 1.29 is 4.74 Å². The Kier molecular flexibility index (Phi) is 9.73. The second-order valence-corrected chi connectivity index (χ2v) is 6.48. The summed E-state index contributed by atoms with van der Waals surface area (Å²) in [5, 5.41) is 9.74. The molecular weight excluding hydrogens is 449 g/mol. The predicted molar refractivity (Wildman–Crippen MR) is 114 cm³/mol. The quantitative estimate of drug-likeness (QED) is 0.364. The largest absolute Gasteiger partial charge is 0.481 e. The van der Waals surface area contributed by atoms with Crippen molar-refractivity contribution in [2.75, 3.05) is 13.7 Å². The summed E-state index contributed by atoms with van der Waals surface area (Å²) < 4.78 is 5.26. The third kappa shape index (κ3) is 6.77. The molecule has 0 aliphatic carbocycles. The Balaban J connectivity index is 0.00000312. The van der Waals surface area contributed by atoms with E-state index in [1.807, 2.05) is 19.1 Å². The fourth-order valence-corrected chi connectivity index (χ4v) is 2.96. The molecule has 25 heavy (non-hydrogen) atoms. The van der Waals surface area contributed by atoms with Crippen LogP contribution in [0, 0.1) is 0 Å². The summed E-state index contributed by atoms with van der Waals surface area (Å²) in [6.45, 7) is 8.31. The molecule has 0 aliphatic rings. The van der Waals surface area contributed by atoms with E-state index in [2.05, 4.69) is 44.8 Å². The second kappa shape index (κ2) is 11.2. The Bertz CT molecular complexity index is 675. The van der Waals surface area contributed by atoms with Gasteiger partial charge >= 0.3 is 0 Å². The summed E-state index contributed by atoms with van der Waals surface area (Å²) in [5.41, 5.74) is 2.09. The molecule has 0 bridgehead atoms. The first-order chi connectivity index (χ1) is 11.6. The van der Waals surface area contributed by atoms with E-state index in [0.29, 0.717) is 24.9 Å². The number of halogens is 1. The molecule has 6 nitrogen and oxygen atoms in total. The van der Waals surface area contributed by atoms with E-state index in [9.17, 15) is 0 Å². The van der Waals surface area contributed by atoms with Crippen LogP contribution in [0.5, 0.6) is 5.88 Å². The Hall–Kier alpha value is -1.42. The number of thiazole rings is 1. The molecule has 2 heterocycles. The average Bonchev–Trinajstić information content (AvgIpc) is 3.07. The summed E-state index contributed by atoms with van der Waals surface area (Å²) in [5.74, 6) is 1.82. The molecule has 8 heteroatoms. The van der Waals surface area contributed by atoms with Gasteiger partial charge in [-0.15, -0.1) is 35.3 Å². The second-order valence-electron chi connectivity index (χ2n) is 5.54. The van der Waals surface area contributed by atoms with Crippen LogP contribution in [-0.2, 0) is 13.1 Å². The molecule has 0 aliphatic heterocycles. The van der Waals surface area contributed by atoms with Gasteiger partial charge in [-0.3, -0.25) is 0 Å². The topological polar surface area (TPSA) is 71.4 Å². The molecule has 0 amide bonds. The first-order valence-corrected chi connectivity index (χ1v) is 8.96. The van der Waals surface area contributed by atoms with Gasteiger partial charge < -0.3 is 15.4 Å². The lowest BCUT2D eigenvalue weighted by Crippen LogP contribution is -2.36. The van der Waals surface area contributed by atoms with Gasteiger partial charge in [0.1, 0.15) is 5.01 Å². The van der Waals surface area contributed by atoms with Crippen LogP contribution in [0.2, 0.25) is 0 Å². The molecule has 0 saturated carbocycles. The summed E-state index contributed by atoms with van der Waals surface area (Å²) in [7, 11) is 1.62. The molecule has 2 N–H and O–H groups in total. The highest BCUT2D eigenvalue weighted by atomic mass is 127. The number of ether oxygens (including phenoxy) is 1. The number of guanidine groups is 1. The average molecular weight is 475 g/mol. The number of rotatable bonds is 7. The molecule has 0 atom stereocenters. The molecule has 0 radical (unpaired) electrons. The van der Waals surface area contributed by atoms with Gasteiger partial charge in [-0.2, -0.15) is 0 Å². The number of nitrogens with zero attached hydrogens (tertiary/aromatic N) is 3. The highest BCUT2D eigenvalue weighted by molar-refractivity contribution is 14.0. The Morgan fingerprint density at radius 3 is 2.80 bits per heavy atom. The van der Waals surface area contributed by atoms with Crippen LogP contribution in [0.25, 0.3) is 0 Å². The number of hydrogen-bond donors (Lipinski definition) is 2. The first kappa shape index (κ1) is 21.6. The van der Waals surface area contributed by atoms with Crippen LogP contribution >= 0.6 is 35.3 Å². The smallest absolute Gasteiger partial charge is 0.218 e. The van der Waals surface area contributed by atoms with Crippen molar-refractivity contribution in [3.05, 3.63) is 40.0 Å². The van der Waals surface area contributed by atoms with Crippen LogP contribution in [0.4, 0.5) is 0 Å². The third-order valence-electron chi connectivity index (χ3n) is 3.36. The Morgan fingerprint density at radius 2 is 2.16 bits per heavy atom. The molecule has 2 rings (SSSR count). The van der Waals surface area contributed by atoms with Crippen LogP contribution in [-0.4, -0.2) is 29.6 Å². The molecule has 2 aromatic heterocycles. The number of aliphatic imine (C=N–C) groups is 1. The lowest BCUT2D eigenvalue weighted by atomic mass is 10.2. The fourth-order valence-electron chi connectivity index (χ4n) is 2.07. The SMILES string of the molecule is CCNC(=NCc1cccnc1OC)NCc1nc(C(C)C)cs1.I. The minimum absolute atomic E-state index is 0. The van der Waals surface area contributed by atoms with Gasteiger partial charge in [0, 0.05) is 23.7 Å². The molecule has 2 aromatic rings. The molecule has 0 fully saturated rings. The number of hydrogen-bond acceptors (Lipinski definition) is 5. The lowest BCUT2D eigenvalue weighted by Gasteiger charge is -2.11. The van der Waals surface area contributed by atoms with Crippen molar-refractivity contribution in [3.8, 4) is 5.88 Å². The van der Waals surface area contributed by atoms with E-state index in [-0.39, 0.29) is 24.0 Å². The van der Waals surface area contributed by atoms with Crippen molar-refractivity contribution in [2.45, 2.75) is 39.8 Å². The van der Waals surface area contributed by atoms with Gasteiger partial charge in [-0.05, 0) is 18.9 Å². The van der Waals surface area contributed by atoms with Crippen LogP contribution < -0.4 is 15.4 Å². The normalized spacial score (nSPS) is 11.2. The minimum Gasteiger partial charge on any atom is -0.481 e. The summed E-state index contributed by atoms with van der Waals surface area (Å²) in [6, 6.07) is 3.85. The zero-order valence-electron chi connectivity index (χ0n) is 15.1. The molecule has 0 aromatic carbocycles. The van der Waals surface area contributed by atoms with Gasteiger partial charge in [-0.1, -0.05) is 19.9 Å². The fraction of sp³-hybridized carbons (Fsp3) is 0.471. The number of methoxy groups -OCH3 is 1. The predicted octanol–water partition coefficient (Wildman–Crippen LogP) is 3.54. The standard InChI is InChI=1S/C17H25N5OS.HI/c1-5-18-17(20-9-13-7-6-8-19-16(13)23-4)21-10-15-22-14(11-24-15)12(2)3;/h6-8,11-12H,5,9-10H2,1-4H3,(H2,18,20,21);1H. The minimum atomic E-state index is 0. The van der Waals surface area contributed by atoms with Crippen molar-refractivity contribution in [1.29, 1.82) is 0 Å². The number of aromatic nitrogens is 2. The zero-order chi connectivity index (χ0) is 17.4. The van der Waals surface area contributed by atoms with Crippen LogP contribution in [0.15, 0.2) is 28.7 Å².